The number of aryl methyl sites for hydroxylation is 1. The summed E-state index contributed by atoms with van der Waals surface area (Å²) in [4.78, 5) is 42.3. The van der Waals surface area contributed by atoms with Crippen molar-refractivity contribution in [1.29, 1.82) is 0 Å². The van der Waals surface area contributed by atoms with Crippen LogP contribution in [0.25, 0.3) is 0 Å². The average molecular weight is 436 g/mol. The number of ether oxygens (including phenoxy) is 1. The minimum Gasteiger partial charge on any atom is -0.444 e. The lowest BCUT2D eigenvalue weighted by Gasteiger charge is -2.36. The first-order chi connectivity index (χ1) is 14.1. The molecule has 2 saturated heterocycles. The van der Waals surface area contributed by atoms with Gasteiger partial charge in [-0.1, -0.05) is 0 Å². The van der Waals surface area contributed by atoms with Crippen molar-refractivity contribution in [2.45, 2.75) is 65.0 Å². The predicted octanol–water partition coefficient (Wildman–Crippen LogP) is 3.42. The highest BCUT2D eigenvalue weighted by molar-refractivity contribution is 7.12. The highest BCUT2D eigenvalue weighted by atomic mass is 32.1. The summed E-state index contributed by atoms with van der Waals surface area (Å²) in [5.74, 6) is -0.220. The van der Waals surface area contributed by atoms with E-state index in [1.807, 2.05) is 44.0 Å². The Morgan fingerprint density at radius 1 is 1.10 bits per heavy atom. The van der Waals surface area contributed by atoms with Gasteiger partial charge in [0.25, 0.3) is 5.91 Å². The summed E-state index contributed by atoms with van der Waals surface area (Å²) in [6.07, 6.45) is 2.91. The smallest absolute Gasteiger partial charge is 0.410 e. The number of hydrogen-bond donors (Lipinski definition) is 1. The molecule has 7 nitrogen and oxygen atoms in total. The molecule has 0 saturated carbocycles. The van der Waals surface area contributed by atoms with Crippen molar-refractivity contribution < 1.29 is 19.1 Å². The van der Waals surface area contributed by atoms with Gasteiger partial charge >= 0.3 is 6.09 Å². The van der Waals surface area contributed by atoms with Crippen molar-refractivity contribution in [2.75, 3.05) is 26.2 Å². The standard InChI is InChI=1S/C22H33N3O4S/c1-15-9-12-30-18(15)20(27)24-10-6-8-17(14-24)23-19(26)16-7-5-11-25(13-16)21(28)29-22(2,3)4/h9,12,16-17H,5-8,10-11,13-14H2,1-4H3,(H,23,26)/t16-,17-/m1/s1. The van der Waals surface area contributed by atoms with Crippen LogP contribution in [0.15, 0.2) is 11.4 Å². The lowest BCUT2D eigenvalue weighted by atomic mass is 9.96. The Bertz CT molecular complexity index is 786. The van der Waals surface area contributed by atoms with Gasteiger partial charge in [-0.05, 0) is 70.4 Å². The second-order valence-corrected chi connectivity index (χ2v) is 10.2. The summed E-state index contributed by atoms with van der Waals surface area (Å²) in [5, 5.41) is 5.07. The molecule has 0 aliphatic carbocycles. The quantitative estimate of drug-likeness (QED) is 0.789. The Morgan fingerprint density at radius 2 is 1.80 bits per heavy atom. The Hall–Kier alpha value is -2.09. The van der Waals surface area contributed by atoms with Gasteiger partial charge < -0.3 is 19.9 Å². The molecule has 3 heterocycles. The van der Waals surface area contributed by atoms with Crippen LogP contribution in [0.5, 0.6) is 0 Å². The fraction of sp³-hybridized carbons (Fsp3) is 0.682. The normalized spacial score (nSPS) is 22.5. The number of rotatable bonds is 3. The van der Waals surface area contributed by atoms with E-state index in [4.69, 9.17) is 4.74 Å². The molecule has 2 atom stereocenters. The molecule has 0 unspecified atom stereocenters. The Labute approximate surface area is 182 Å². The lowest BCUT2D eigenvalue weighted by molar-refractivity contribution is -0.127. The SMILES string of the molecule is Cc1ccsc1C(=O)N1CCC[C@@H](NC(=O)[C@@H]2CCCN(C(=O)OC(C)(C)C)C2)C1. The van der Waals surface area contributed by atoms with Gasteiger partial charge in [-0.15, -0.1) is 11.3 Å². The molecule has 1 aromatic heterocycles. The van der Waals surface area contributed by atoms with Gasteiger partial charge in [0.15, 0.2) is 0 Å². The number of hydrogen-bond acceptors (Lipinski definition) is 5. The van der Waals surface area contributed by atoms with E-state index < -0.39 is 5.60 Å². The van der Waals surface area contributed by atoms with Crippen molar-refractivity contribution in [1.82, 2.24) is 15.1 Å². The average Bonchev–Trinajstić information content (AvgIpc) is 3.12. The van der Waals surface area contributed by atoms with Gasteiger partial charge in [0.2, 0.25) is 5.91 Å². The molecule has 0 radical (unpaired) electrons. The summed E-state index contributed by atoms with van der Waals surface area (Å²) < 4.78 is 5.45. The summed E-state index contributed by atoms with van der Waals surface area (Å²) >= 11 is 1.47. The van der Waals surface area contributed by atoms with Gasteiger partial charge in [-0.25, -0.2) is 4.79 Å². The maximum absolute atomic E-state index is 12.9. The zero-order valence-corrected chi connectivity index (χ0v) is 19.2. The third kappa shape index (κ3) is 5.74. The molecule has 0 aromatic carbocycles. The van der Waals surface area contributed by atoms with Gasteiger partial charge in [0, 0.05) is 32.2 Å². The van der Waals surface area contributed by atoms with Gasteiger partial charge in [-0.2, -0.15) is 0 Å². The Balaban J connectivity index is 1.54. The van der Waals surface area contributed by atoms with Gasteiger partial charge in [0.1, 0.15) is 5.60 Å². The van der Waals surface area contributed by atoms with Crippen LogP contribution in [-0.2, 0) is 9.53 Å². The van der Waals surface area contributed by atoms with Crippen LogP contribution in [0.4, 0.5) is 4.79 Å². The lowest BCUT2D eigenvalue weighted by Crippen LogP contribution is -2.53. The number of thiophene rings is 1. The number of carbonyl (C=O) groups excluding carboxylic acids is 3. The fourth-order valence-electron chi connectivity index (χ4n) is 4.02. The number of piperidine rings is 2. The zero-order chi connectivity index (χ0) is 21.9. The second kappa shape index (κ2) is 9.37. The summed E-state index contributed by atoms with van der Waals surface area (Å²) in [6, 6.07) is 1.91. The first kappa shape index (κ1) is 22.6. The minimum absolute atomic E-state index is 0.0325. The monoisotopic (exact) mass is 435 g/mol. The summed E-state index contributed by atoms with van der Waals surface area (Å²) in [5.41, 5.74) is 0.450. The minimum atomic E-state index is -0.550. The van der Waals surface area contributed by atoms with Gasteiger partial charge in [-0.3, -0.25) is 9.59 Å². The molecule has 3 rings (SSSR count). The number of amides is 3. The van der Waals surface area contributed by atoms with Crippen LogP contribution in [0.1, 0.15) is 61.7 Å². The van der Waals surface area contributed by atoms with E-state index >= 15 is 0 Å². The van der Waals surface area contributed by atoms with E-state index in [-0.39, 0.29) is 29.9 Å². The predicted molar refractivity (Wildman–Crippen MR) is 117 cm³/mol. The number of nitrogens with one attached hydrogen (secondary N) is 1. The molecule has 0 bridgehead atoms. The molecular weight excluding hydrogens is 402 g/mol. The molecule has 1 N–H and O–H groups in total. The first-order valence-corrected chi connectivity index (χ1v) is 11.6. The van der Waals surface area contributed by atoms with Crippen LogP contribution < -0.4 is 5.32 Å². The van der Waals surface area contributed by atoms with E-state index in [0.29, 0.717) is 19.6 Å². The highest BCUT2D eigenvalue weighted by Gasteiger charge is 2.33. The van der Waals surface area contributed by atoms with Crippen molar-refractivity contribution in [3.63, 3.8) is 0 Å². The first-order valence-electron chi connectivity index (χ1n) is 10.8. The van der Waals surface area contributed by atoms with Crippen molar-refractivity contribution in [3.8, 4) is 0 Å². The number of likely N-dealkylation sites (tertiary alicyclic amines) is 2. The third-order valence-electron chi connectivity index (χ3n) is 5.56. The largest absolute Gasteiger partial charge is 0.444 e. The van der Waals surface area contributed by atoms with Crippen LogP contribution in [0.3, 0.4) is 0 Å². The highest BCUT2D eigenvalue weighted by Crippen LogP contribution is 2.22. The molecule has 2 fully saturated rings. The topological polar surface area (TPSA) is 79.0 Å². The van der Waals surface area contributed by atoms with Crippen molar-refractivity contribution in [2.24, 2.45) is 5.92 Å². The van der Waals surface area contributed by atoms with E-state index in [0.717, 1.165) is 42.7 Å². The molecular formula is C22H33N3O4S. The molecule has 1 aromatic rings. The molecule has 166 valence electrons. The van der Waals surface area contributed by atoms with E-state index in [2.05, 4.69) is 5.32 Å². The number of nitrogens with zero attached hydrogens (tertiary/aromatic N) is 2. The van der Waals surface area contributed by atoms with Crippen LogP contribution in [0.2, 0.25) is 0 Å². The van der Waals surface area contributed by atoms with E-state index in [1.165, 1.54) is 11.3 Å². The molecule has 8 heteroatoms. The second-order valence-electron chi connectivity index (χ2n) is 9.30. The molecule has 0 spiro atoms. The van der Waals surface area contributed by atoms with Gasteiger partial charge in [0.05, 0.1) is 10.8 Å². The van der Waals surface area contributed by atoms with Crippen LogP contribution >= 0.6 is 11.3 Å². The van der Waals surface area contributed by atoms with E-state index in [1.54, 1.807) is 4.90 Å². The van der Waals surface area contributed by atoms with Crippen LogP contribution in [0, 0.1) is 12.8 Å². The molecule has 30 heavy (non-hydrogen) atoms. The molecule has 2 aliphatic heterocycles. The Morgan fingerprint density at radius 3 is 2.47 bits per heavy atom. The Kier molecular flexibility index (Phi) is 7.06. The zero-order valence-electron chi connectivity index (χ0n) is 18.4. The van der Waals surface area contributed by atoms with E-state index in [9.17, 15) is 14.4 Å². The fourth-order valence-corrected chi connectivity index (χ4v) is 4.91. The van der Waals surface area contributed by atoms with Crippen molar-refractivity contribution >= 4 is 29.2 Å². The molecule has 3 amide bonds. The molecule has 2 aliphatic rings. The summed E-state index contributed by atoms with van der Waals surface area (Å²) in [6.45, 7) is 9.72. The number of carbonyl (C=O) groups is 3. The van der Waals surface area contributed by atoms with Crippen LogP contribution in [-0.4, -0.2) is 65.5 Å². The third-order valence-corrected chi connectivity index (χ3v) is 6.56. The maximum Gasteiger partial charge on any atom is 0.410 e. The van der Waals surface area contributed by atoms with Crippen molar-refractivity contribution in [3.05, 3.63) is 21.9 Å². The summed E-state index contributed by atoms with van der Waals surface area (Å²) in [7, 11) is 0. The maximum atomic E-state index is 12.9.